The van der Waals surface area contributed by atoms with E-state index in [4.69, 9.17) is 4.74 Å². The maximum absolute atomic E-state index is 11.5. The van der Waals surface area contributed by atoms with E-state index in [0.29, 0.717) is 19.6 Å². The average molecular weight is 357 g/mol. The number of hydrogen-bond donors (Lipinski definition) is 2. The van der Waals surface area contributed by atoms with Crippen LogP contribution in [0.25, 0.3) is 0 Å². The van der Waals surface area contributed by atoms with Crippen molar-refractivity contribution in [2.75, 3.05) is 19.7 Å². The zero-order chi connectivity index (χ0) is 15.7. The van der Waals surface area contributed by atoms with Gasteiger partial charge in [-0.2, -0.15) is 0 Å². The molecule has 4 nitrogen and oxygen atoms in total. The second-order valence-corrected chi connectivity index (χ2v) is 5.86. The number of benzene rings is 1. The van der Waals surface area contributed by atoms with E-state index in [1.807, 2.05) is 19.9 Å². The maximum atomic E-state index is 11.5. The summed E-state index contributed by atoms with van der Waals surface area (Å²) in [6, 6.07) is 4.10. The zero-order valence-corrected chi connectivity index (χ0v) is 14.7. The first-order valence-corrected chi connectivity index (χ1v) is 8.27. The lowest BCUT2D eigenvalue weighted by Gasteiger charge is -2.15. The largest absolute Gasteiger partial charge is 0.492 e. The van der Waals surface area contributed by atoms with Crippen LogP contribution in [0.1, 0.15) is 37.8 Å². The first kappa shape index (κ1) is 18.0. The molecule has 0 aromatic heterocycles. The number of rotatable bonds is 9. The van der Waals surface area contributed by atoms with Crippen LogP contribution in [-0.2, 0) is 11.3 Å². The minimum absolute atomic E-state index is 0.0259. The van der Waals surface area contributed by atoms with E-state index in [2.05, 4.69) is 39.6 Å². The molecule has 118 valence electrons. The fourth-order valence-corrected chi connectivity index (χ4v) is 2.69. The molecule has 0 saturated heterocycles. The molecule has 1 amide bonds. The fraction of sp³-hybridized carbons (Fsp3) is 0.562. The Morgan fingerprint density at radius 2 is 2.10 bits per heavy atom. The Kier molecular flexibility index (Phi) is 8.38. The lowest BCUT2D eigenvalue weighted by Crippen LogP contribution is -2.24. The lowest BCUT2D eigenvalue weighted by molar-refractivity contribution is -0.121. The van der Waals surface area contributed by atoms with Gasteiger partial charge in [0, 0.05) is 23.1 Å². The molecular weight excluding hydrogens is 332 g/mol. The molecule has 0 saturated carbocycles. The molecule has 1 aromatic rings. The highest BCUT2D eigenvalue weighted by Gasteiger charge is 2.10. The number of ether oxygens (including phenoxy) is 1. The summed E-state index contributed by atoms with van der Waals surface area (Å²) >= 11 is 3.52. The highest BCUT2D eigenvalue weighted by molar-refractivity contribution is 9.10. The van der Waals surface area contributed by atoms with E-state index in [0.717, 1.165) is 40.9 Å². The highest BCUT2D eigenvalue weighted by atomic mass is 79.9. The van der Waals surface area contributed by atoms with Gasteiger partial charge in [0.15, 0.2) is 0 Å². The van der Waals surface area contributed by atoms with Gasteiger partial charge in [-0.15, -0.1) is 0 Å². The molecule has 21 heavy (non-hydrogen) atoms. The van der Waals surface area contributed by atoms with Gasteiger partial charge in [-0.3, -0.25) is 4.79 Å². The molecule has 0 unspecified atom stereocenters. The summed E-state index contributed by atoms with van der Waals surface area (Å²) in [7, 11) is 0. The molecule has 0 aliphatic rings. The summed E-state index contributed by atoms with van der Waals surface area (Å²) in [5, 5.41) is 6.16. The number of aryl methyl sites for hydroxylation is 1. The van der Waals surface area contributed by atoms with Crippen LogP contribution in [0.5, 0.6) is 5.75 Å². The number of nitrogens with one attached hydrogen (secondary N) is 2. The van der Waals surface area contributed by atoms with Crippen molar-refractivity contribution in [1.82, 2.24) is 10.6 Å². The van der Waals surface area contributed by atoms with Crippen molar-refractivity contribution in [2.24, 2.45) is 0 Å². The number of amides is 1. The van der Waals surface area contributed by atoms with E-state index in [1.54, 1.807) is 0 Å². The van der Waals surface area contributed by atoms with Gasteiger partial charge in [-0.25, -0.2) is 0 Å². The predicted molar refractivity (Wildman–Crippen MR) is 89.7 cm³/mol. The molecule has 0 aliphatic heterocycles. The van der Waals surface area contributed by atoms with Crippen LogP contribution >= 0.6 is 15.9 Å². The molecule has 1 aromatic carbocycles. The van der Waals surface area contributed by atoms with Crippen LogP contribution in [0.4, 0.5) is 0 Å². The van der Waals surface area contributed by atoms with E-state index < -0.39 is 0 Å². The van der Waals surface area contributed by atoms with Gasteiger partial charge >= 0.3 is 0 Å². The Morgan fingerprint density at radius 3 is 2.76 bits per heavy atom. The first-order valence-electron chi connectivity index (χ1n) is 7.47. The number of halogens is 1. The van der Waals surface area contributed by atoms with Crippen LogP contribution in [0.15, 0.2) is 16.6 Å². The molecule has 0 radical (unpaired) electrons. The van der Waals surface area contributed by atoms with E-state index in [1.165, 1.54) is 0 Å². The van der Waals surface area contributed by atoms with Gasteiger partial charge in [-0.05, 0) is 44.5 Å². The molecule has 5 heteroatoms. The average Bonchev–Trinajstić information content (AvgIpc) is 2.42. The summed E-state index contributed by atoms with van der Waals surface area (Å²) in [4.78, 5) is 11.5. The van der Waals surface area contributed by atoms with Gasteiger partial charge in [0.1, 0.15) is 5.75 Å². The topological polar surface area (TPSA) is 50.4 Å². The van der Waals surface area contributed by atoms with Gasteiger partial charge in [-0.1, -0.05) is 22.9 Å². The standard InChI is InChI=1S/C16H25BrN2O2/c1-4-7-18-11-13-10-14(17)9-12(3)16(13)21-8-6-15(20)19-5-2/h9-10,18H,4-8,11H2,1-3H3,(H,19,20). The third kappa shape index (κ3) is 6.48. The van der Waals surface area contributed by atoms with Crippen molar-refractivity contribution in [1.29, 1.82) is 0 Å². The van der Waals surface area contributed by atoms with Crippen molar-refractivity contribution in [3.8, 4) is 5.75 Å². The van der Waals surface area contributed by atoms with Crippen LogP contribution in [0.3, 0.4) is 0 Å². The second kappa shape index (κ2) is 9.79. The van der Waals surface area contributed by atoms with Gasteiger partial charge in [0.05, 0.1) is 13.0 Å². The molecule has 0 bridgehead atoms. The molecule has 0 fully saturated rings. The van der Waals surface area contributed by atoms with Gasteiger partial charge < -0.3 is 15.4 Å². The van der Waals surface area contributed by atoms with Crippen molar-refractivity contribution in [2.45, 2.75) is 40.2 Å². The third-order valence-corrected chi connectivity index (χ3v) is 3.47. The zero-order valence-electron chi connectivity index (χ0n) is 13.1. The Morgan fingerprint density at radius 1 is 1.33 bits per heavy atom. The summed E-state index contributed by atoms with van der Waals surface area (Å²) in [6.45, 7) is 8.87. The summed E-state index contributed by atoms with van der Waals surface area (Å²) < 4.78 is 6.89. The molecule has 2 N–H and O–H groups in total. The lowest BCUT2D eigenvalue weighted by atomic mass is 10.1. The van der Waals surface area contributed by atoms with Crippen molar-refractivity contribution < 1.29 is 9.53 Å². The van der Waals surface area contributed by atoms with Crippen LogP contribution < -0.4 is 15.4 Å². The molecule has 0 atom stereocenters. The summed E-state index contributed by atoms with van der Waals surface area (Å²) in [5.41, 5.74) is 2.19. The Labute approximate surface area is 135 Å². The number of hydrogen-bond acceptors (Lipinski definition) is 3. The third-order valence-electron chi connectivity index (χ3n) is 3.01. The molecule has 0 heterocycles. The minimum Gasteiger partial charge on any atom is -0.492 e. The molecule has 1 rings (SSSR count). The van der Waals surface area contributed by atoms with Crippen molar-refractivity contribution in [3.05, 3.63) is 27.7 Å². The normalized spacial score (nSPS) is 10.5. The van der Waals surface area contributed by atoms with E-state index in [9.17, 15) is 4.79 Å². The highest BCUT2D eigenvalue weighted by Crippen LogP contribution is 2.28. The quantitative estimate of drug-likeness (QED) is 0.668. The molecular formula is C16H25BrN2O2. The second-order valence-electron chi connectivity index (χ2n) is 4.94. The molecule has 0 spiro atoms. The molecule has 0 aliphatic carbocycles. The smallest absolute Gasteiger partial charge is 0.223 e. The number of carbonyl (C=O) groups is 1. The van der Waals surface area contributed by atoms with Crippen LogP contribution in [-0.4, -0.2) is 25.6 Å². The predicted octanol–water partition coefficient (Wildman–Crippen LogP) is 3.16. The SMILES string of the molecule is CCCNCc1cc(Br)cc(C)c1OCCC(=O)NCC. The van der Waals surface area contributed by atoms with Crippen LogP contribution in [0, 0.1) is 6.92 Å². The first-order chi connectivity index (χ1) is 10.1. The Bertz CT molecular complexity index is 464. The van der Waals surface area contributed by atoms with E-state index in [-0.39, 0.29) is 5.91 Å². The van der Waals surface area contributed by atoms with Gasteiger partial charge in [0.2, 0.25) is 5.91 Å². The van der Waals surface area contributed by atoms with Crippen molar-refractivity contribution in [3.63, 3.8) is 0 Å². The number of carbonyl (C=O) groups excluding carboxylic acids is 1. The Hall–Kier alpha value is -1.07. The van der Waals surface area contributed by atoms with Gasteiger partial charge in [0.25, 0.3) is 0 Å². The van der Waals surface area contributed by atoms with Crippen molar-refractivity contribution >= 4 is 21.8 Å². The summed E-state index contributed by atoms with van der Waals surface area (Å²) in [5.74, 6) is 0.907. The minimum atomic E-state index is 0.0259. The van der Waals surface area contributed by atoms with E-state index >= 15 is 0 Å². The Balaban J connectivity index is 2.67. The fourth-order valence-electron chi connectivity index (χ4n) is 2.07. The van der Waals surface area contributed by atoms with Crippen LogP contribution in [0.2, 0.25) is 0 Å². The summed E-state index contributed by atoms with van der Waals surface area (Å²) in [6.07, 6.45) is 1.48. The maximum Gasteiger partial charge on any atom is 0.223 e. The monoisotopic (exact) mass is 356 g/mol.